The molecule has 1 aliphatic rings. The lowest BCUT2D eigenvalue weighted by Gasteiger charge is -2.15. The predicted octanol–water partition coefficient (Wildman–Crippen LogP) is 3.14. The van der Waals surface area contributed by atoms with Crippen molar-refractivity contribution in [1.82, 2.24) is 10.3 Å². The van der Waals surface area contributed by atoms with E-state index in [1.54, 1.807) is 31.5 Å². The van der Waals surface area contributed by atoms with Crippen LogP contribution in [-0.4, -0.2) is 41.8 Å². The van der Waals surface area contributed by atoms with Crippen molar-refractivity contribution in [2.45, 2.75) is 19.4 Å². The molecule has 3 rings (SSSR count). The van der Waals surface area contributed by atoms with E-state index in [0.29, 0.717) is 36.0 Å². The summed E-state index contributed by atoms with van der Waals surface area (Å²) in [6.07, 6.45) is 3.42. The summed E-state index contributed by atoms with van der Waals surface area (Å²) in [5, 5.41) is 6.05. The molecule has 2 N–H and O–H groups in total. The molecule has 1 aliphatic heterocycles. The van der Waals surface area contributed by atoms with Gasteiger partial charge in [0.05, 0.1) is 29.5 Å². The summed E-state index contributed by atoms with van der Waals surface area (Å²) in [4.78, 5) is 18.1. The third-order valence-corrected chi connectivity index (χ3v) is 4.34. The number of carbonyl (C=O) groups excluding carboxylic acids is 1. The molecule has 142 valence electrons. The first-order valence-electron chi connectivity index (χ1n) is 8.68. The van der Waals surface area contributed by atoms with Gasteiger partial charge in [0.15, 0.2) is 0 Å². The minimum absolute atomic E-state index is 0.323. The van der Waals surface area contributed by atoms with E-state index < -0.39 is 11.9 Å². The largest absolute Gasteiger partial charge is 0.442 e. The second kappa shape index (κ2) is 8.77. The van der Waals surface area contributed by atoms with Gasteiger partial charge >= 0.3 is 6.09 Å². The fourth-order valence-electron chi connectivity index (χ4n) is 2.80. The zero-order valence-electron chi connectivity index (χ0n) is 14.9. The maximum Gasteiger partial charge on any atom is 0.414 e. The van der Waals surface area contributed by atoms with Crippen LogP contribution in [0.5, 0.6) is 0 Å². The number of anilines is 2. The molecule has 1 aromatic carbocycles. The highest BCUT2D eigenvalue weighted by molar-refractivity contribution is 7.80. The zero-order chi connectivity index (χ0) is 19.2. The van der Waals surface area contributed by atoms with Crippen molar-refractivity contribution < 1.29 is 13.9 Å². The first-order chi connectivity index (χ1) is 13.0. The van der Waals surface area contributed by atoms with Crippen LogP contribution in [-0.2, 0) is 11.2 Å². The van der Waals surface area contributed by atoms with Gasteiger partial charge in [-0.15, -0.1) is 0 Å². The van der Waals surface area contributed by atoms with E-state index in [2.05, 4.69) is 15.6 Å². The number of hydrogen-bond donors (Lipinski definition) is 2. The standard InChI is InChI=1S/C19H21FN4O2S/c1-13(27)23-11-16-12-24(19(25)26-16)15-2-3-18(17(20)10-15)22-9-6-14-4-7-21-8-5-14/h2-5,7-8,10,16,22H,6,9,11-12H2,1H3,(H,23,27)/t16-/m0/s1. The van der Waals surface area contributed by atoms with Gasteiger partial charge in [0.25, 0.3) is 0 Å². The molecule has 2 aromatic rings. The summed E-state index contributed by atoms with van der Waals surface area (Å²) in [5.74, 6) is -0.411. The number of halogens is 1. The Balaban J connectivity index is 1.57. The number of aromatic nitrogens is 1. The van der Waals surface area contributed by atoms with Crippen LogP contribution in [0.3, 0.4) is 0 Å². The fourth-order valence-corrected chi connectivity index (χ4v) is 2.89. The zero-order valence-corrected chi connectivity index (χ0v) is 15.8. The van der Waals surface area contributed by atoms with Crippen molar-refractivity contribution in [3.05, 3.63) is 54.1 Å². The minimum atomic E-state index is -0.485. The molecule has 1 fully saturated rings. The number of nitrogens with one attached hydrogen (secondary N) is 2. The van der Waals surface area contributed by atoms with Crippen molar-refractivity contribution in [3.63, 3.8) is 0 Å². The van der Waals surface area contributed by atoms with Crippen LogP contribution in [0.2, 0.25) is 0 Å². The molecule has 0 aliphatic carbocycles. The van der Waals surface area contributed by atoms with Gasteiger partial charge < -0.3 is 15.4 Å². The van der Waals surface area contributed by atoms with E-state index in [1.165, 1.54) is 11.0 Å². The molecule has 8 heteroatoms. The van der Waals surface area contributed by atoms with Crippen LogP contribution in [0.1, 0.15) is 12.5 Å². The molecule has 6 nitrogen and oxygen atoms in total. The maximum atomic E-state index is 14.4. The van der Waals surface area contributed by atoms with E-state index >= 15 is 0 Å². The van der Waals surface area contributed by atoms with Crippen LogP contribution < -0.4 is 15.5 Å². The van der Waals surface area contributed by atoms with Crippen LogP contribution in [0.25, 0.3) is 0 Å². The number of hydrogen-bond acceptors (Lipinski definition) is 5. The molecule has 0 saturated carbocycles. The van der Waals surface area contributed by atoms with Crippen molar-refractivity contribution in [2.24, 2.45) is 0 Å². The van der Waals surface area contributed by atoms with E-state index in [1.807, 2.05) is 12.1 Å². The average Bonchev–Trinajstić information content (AvgIpc) is 3.03. The normalized spacial score (nSPS) is 16.1. The van der Waals surface area contributed by atoms with Gasteiger partial charge in [-0.05, 0) is 49.2 Å². The van der Waals surface area contributed by atoms with Crippen LogP contribution in [0.4, 0.5) is 20.6 Å². The molecule has 1 atom stereocenters. The molecule has 1 saturated heterocycles. The van der Waals surface area contributed by atoms with Crippen LogP contribution in [0.15, 0.2) is 42.7 Å². The molecule has 1 aromatic heterocycles. The minimum Gasteiger partial charge on any atom is -0.442 e. The molecular formula is C19H21FN4O2S. The smallest absolute Gasteiger partial charge is 0.414 e. The van der Waals surface area contributed by atoms with Gasteiger partial charge in [0.1, 0.15) is 11.9 Å². The van der Waals surface area contributed by atoms with Crippen molar-refractivity contribution in [3.8, 4) is 0 Å². The highest BCUT2D eigenvalue weighted by Crippen LogP contribution is 2.26. The topological polar surface area (TPSA) is 66.5 Å². The monoisotopic (exact) mass is 388 g/mol. The Morgan fingerprint density at radius 2 is 2.15 bits per heavy atom. The fraction of sp³-hybridized carbons (Fsp3) is 0.316. The van der Waals surface area contributed by atoms with Gasteiger partial charge in [-0.2, -0.15) is 0 Å². The van der Waals surface area contributed by atoms with Crippen molar-refractivity contribution in [2.75, 3.05) is 29.9 Å². The van der Waals surface area contributed by atoms with Gasteiger partial charge in [0, 0.05) is 18.9 Å². The Hall–Kier alpha value is -2.74. The Kier molecular flexibility index (Phi) is 6.18. The lowest BCUT2D eigenvalue weighted by atomic mass is 10.2. The first kappa shape index (κ1) is 19.0. The molecule has 0 bridgehead atoms. The second-order valence-corrected chi connectivity index (χ2v) is 6.86. The summed E-state index contributed by atoms with van der Waals surface area (Å²) >= 11 is 4.96. The molecule has 27 heavy (non-hydrogen) atoms. The van der Waals surface area contributed by atoms with Crippen molar-refractivity contribution in [1.29, 1.82) is 0 Å². The van der Waals surface area contributed by atoms with Gasteiger partial charge in [-0.3, -0.25) is 9.88 Å². The van der Waals surface area contributed by atoms with Crippen LogP contribution >= 0.6 is 12.2 Å². The SMILES string of the molecule is CC(=S)NC[C@H]1CN(c2ccc(NCCc3ccncc3)c(F)c2)C(=O)O1. The number of benzene rings is 1. The Morgan fingerprint density at radius 1 is 1.37 bits per heavy atom. The molecule has 0 unspecified atom stereocenters. The number of ether oxygens (including phenoxy) is 1. The number of nitrogens with zero attached hydrogens (tertiary/aromatic N) is 2. The maximum absolute atomic E-state index is 14.4. The van der Waals surface area contributed by atoms with E-state index in [4.69, 9.17) is 17.0 Å². The predicted molar refractivity (Wildman–Crippen MR) is 107 cm³/mol. The molecule has 0 radical (unpaired) electrons. The number of pyridine rings is 1. The molecule has 0 spiro atoms. The summed E-state index contributed by atoms with van der Waals surface area (Å²) in [6.45, 7) is 3.15. The van der Waals surface area contributed by atoms with Gasteiger partial charge in [-0.1, -0.05) is 12.2 Å². The summed E-state index contributed by atoms with van der Waals surface area (Å²) < 4.78 is 19.7. The Morgan fingerprint density at radius 3 is 2.85 bits per heavy atom. The molecule has 1 amide bonds. The third kappa shape index (κ3) is 5.13. The number of carbonyl (C=O) groups is 1. The van der Waals surface area contributed by atoms with Crippen LogP contribution in [0, 0.1) is 5.82 Å². The summed E-state index contributed by atoms with van der Waals surface area (Å²) in [5.41, 5.74) is 1.99. The van der Waals surface area contributed by atoms with Gasteiger partial charge in [0.2, 0.25) is 0 Å². The third-order valence-electron chi connectivity index (χ3n) is 4.20. The van der Waals surface area contributed by atoms with Gasteiger partial charge in [-0.25, -0.2) is 9.18 Å². The number of cyclic esters (lactones) is 1. The molecular weight excluding hydrogens is 367 g/mol. The highest BCUT2D eigenvalue weighted by atomic mass is 32.1. The highest BCUT2D eigenvalue weighted by Gasteiger charge is 2.32. The number of rotatable bonds is 7. The first-order valence-corrected chi connectivity index (χ1v) is 9.08. The lowest BCUT2D eigenvalue weighted by molar-refractivity contribution is 0.143. The quantitative estimate of drug-likeness (QED) is 0.711. The van der Waals surface area contributed by atoms with Crippen molar-refractivity contribution >= 4 is 34.7 Å². The Bertz CT molecular complexity index is 819. The second-order valence-electron chi connectivity index (χ2n) is 6.25. The lowest BCUT2D eigenvalue weighted by Crippen LogP contribution is -2.32. The van der Waals surface area contributed by atoms with E-state index in [9.17, 15) is 9.18 Å². The number of amides is 1. The summed E-state index contributed by atoms with van der Waals surface area (Å²) in [6, 6.07) is 8.54. The van der Waals surface area contributed by atoms with E-state index in [0.717, 1.165) is 12.0 Å². The summed E-state index contributed by atoms with van der Waals surface area (Å²) in [7, 11) is 0. The molecule has 2 heterocycles. The average molecular weight is 388 g/mol. The Labute approximate surface area is 162 Å². The number of thiocarbonyl (C=S) groups is 1. The van der Waals surface area contributed by atoms with E-state index in [-0.39, 0.29) is 6.10 Å².